The Kier molecular flexibility index (Phi) is 4.05. The molecule has 4 heteroatoms. The number of benzene rings is 1. The summed E-state index contributed by atoms with van der Waals surface area (Å²) in [5.74, 6) is 0.641. The highest BCUT2D eigenvalue weighted by Gasteiger charge is 2.06. The van der Waals surface area contributed by atoms with E-state index in [4.69, 9.17) is 16.3 Å². The average Bonchev–Trinajstić information content (AvgIpc) is 2.80. The van der Waals surface area contributed by atoms with Gasteiger partial charge in [-0.2, -0.15) is 11.3 Å². The number of halogens is 1. The molecule has 0 fully saturated rings. The maximum Gasteiger partial charge on any atom is 0.138 e. The molecule has 0 aliphatic rings. The average molecular weight is 269 g/mol. The lowest BCUT2D eigenvalue weighted by molar-refractivity contribution is 0.199. The molecule has 0 aliphatic heterocycles. The Morgan fingerprint density at radius 1 is 1.41 bits per heavy atom. The zero-order valence-electron chi connectivity index (χ0n) is 9.39. The molecule has 0 bridgehead atoms. The minimum absolute atomic E-state index is 0.511. The Balaban J connectivity index is 2.06. The number of aliphatic hydroxyl groups excluding tert-OH is 1. The third-order valence-electron chi connectivity index (χ3n) is 2.41. The van der Waals surface area contributed by atoms with Gasteiger partial charge >= 0.3 is 0 Å². The third-order valence-corrected chi connectivity index (χ3v) is 3.44. The van der Waals surface area contributed by atoms with E-state index in [1.54, 1.807) is 30.4 Å². The molecule has 2 rings (SSSR count). The quantitative estimate of drug-likeness (QED) is 0.907. The van der Waals surface area contributed by atoms with Crippen molar-refractivity contribution < 1.29 is 9.84 Å². The number of hydrogen-bond donors (Lipinski definition) is 1. The number of rotatable bonds is 4. The van der Waals surface area contributed by atoms with Crippen molar-refractivity contribution in [1.29, 1.82) is 0 Å². The molecule has 0 saturated heterocycles. The molecule has 1 aromatic heterocycles. The van der Waals surface area contributed by atoms with E-state index in [1.165, 1.54) is 0 Å². The predicted octanol–water partition coefficient (Wildman–Crippen LogP) is 4.03. The highest BCUT2D eigenvalue weighted by Crippen LogP contribution is 2.28. The number of hydrogen-bond acceptors (Lipinski definition) is 3. The minimum atomic E-state index is -0.515. The zero-order chi connectivity index (χ0) is 12.3. The standard InChI is InChI=1S/C13H13ClO2S/c1-9(15)11-2-3-13(12(14)6-11)16-7-10-4-5-17-8-10/h2-6,8-9,15H,7H2,1H3/t9-/m1/s1. The Hall–Kier alpha value is -1.03. The molecule has 17 heavy (non-hydrogen) atoms. The Morgan fingerprint density at radius 3 is 2.82 bits per heavy atom. The lowest BCUT2D eigenvalue weighted by Crippen LogP contribution is -1.96. The van der Waals surface area contributed by atoms with E-state index in [-0.39, 0.29) is 0 Å². The van der Waals surface area contributed by atoms with E-state index in [2.05, 4.69) is 0 Å². The predicted molar refractivity (Wildman–Crippen MR) is 70.7 cm³/mol. The van der Waals surface area contributed by atoms with Crippen LogP contribution in [0.5, 0.6) is 5.75 Å². The monoisotopic (exact) mass is 268 g/mol. The minimum Gasteiger partial charge on any atom is -0.487 e. The first-order chi connectivity index (χ1) is 8.16. The van der Waals surface area contributed by atoms with Crippen molar-refractivity contribution in [3.05, 3.63) is 51.2 Å². The van der Waals surface area contributed by atoms with E-state index in [0.29, 0.717) is 17.4 Å². The SMILES string of the molecule is C[C@@H](O)c1ccc(OCc2ccsc2)c(Cl)c1. The van der Waals surface area contributed by atoms with Crippen LogP contribution in [0.4, 0.5) is 0 Å². The van der Waals surface area contributed by atoms with Crippen LogP contribution in [0.2, 0.25) is 5.02 Å². The van der Waals surface area contributed by atoms with Crippen molar-refractivity contribution in [3.63, 3.8) is 0 Å². The van der Waals surface area contributed by atoms with E-state index in [1.807, 2.05) is 22.9 Å². The molecular weight excluding hydrogens is 256 g/mol. The lowest BCUT2D eigenvalue weighted by atomic mass is 10.1. The second kappa shape index (κ2) is 5.54. The van der Waals surface area contributed by atoms with Crippen molar-refractivity contribution in [3.8, 4) is 5.75 Å². The van der Waals surface area contributed by atoms with Crippen LogP contribution >= 0.6 is 22.9 Å². The highest BCUT2D eigenvalue weighted by atomic mass is 35.5. The van der Waals surface area contributed by atoms with Crippen LogP contribution in [0.3, 0.4) is 0 Å². The van der Waals surface area contributed by atoms with Crippen LogP contribution in [-0.2, 0) is 6.61 Å². The van der Waals surface area contributed by atoms with Gasteiger partial charge in [0.25, 0.3) is 0 Å². The molecule has 0 aliphatic carbocycles. The lowest BCUT2D eigenvalue weighted by Gasteiger charge is -2.10. The van der Waals surface area contributed by atoms with Crippen LogP contribution in [-0.4, -0.2) is 5.11 Å². The molecule has 0 unspecified atom stereocenters. The first-order valence-electron chi connectivity index (χ1n) is 5.28. The summed E-state index contributed by atoms with van der Waals surface area (Å²) in [6.45, 7) is 2.22. The number of thiophene rings is 1. The molecule has 0 saturated carbocycles. The van der Waals surface area contributed by atoms with Crippen LogP contribution in [0, 0.1) is 0 Å². The highest BCUT2D eigenvalue weighted by molar-refractivity contribution is 7.07. The van der Waals surface area contributed by atoms with E-state index in [0.717, 1.165) is 11.1 Å². The normalized spacial score (nSPS) is 12.4. The summed E-state index contributed by atoms with van der Waals surface area (Å²) in [4.78, 5) is 0. The Bertz CT molecular complexity index is 480. The molecule has 2 nitrogen and oxygen atoms in total. The second-order valence-electron chi connectivity index (χ2n) is 3.79. The smallest absolute Gasteiger partial charge is 0.138 e. The van der Waals surface area contributed by atoms with Gasteiger partial charge in [0.2, 0.25) is 0 Å². The van der Waals surface area contributed by atoms with Gasteiger partial charge in [-0.15, -0.1) is 0 Å². The van der Waals surface area contributed by atoms with Gasteiger partial charge in [0, 0.05) is 0 Å². The van der Waals surface area contributed by atoms with Crippen molar-refractivity contribution >= 4 is 22.9 Å². The van der Waals surface area contributed by atoms with E-state index < -0.39 is 6.10 Å². The van der Waals surface area contributed by atoms with Crippen LogP contribution in [0.25, 0.3) is 0 Å². The molecule has 1 N–H and O–H groups in total. The van der Waals surface area contributed by atoms with Crippen LogP contribution in [0.1, 0.15) is 24.2 Å². The first kappa shape index (κ1) is 12.4. The summed E-state index contributed by atoms with van der Waals surface area (Å²) in [7, 11) is 0. The van der Waals surface area contributed by atoms with Gasteiger partial charge in [0.15, 0.2) is 0 Å². The molecule has 90 valence electrons. The molecular formula is C13H13ClO2S. The van der Waals surface area contributed by atoms with Gasteiger partial charge in [0.05, 0.1) is 11.1 Å². The van der Waals surface area contributed by atoms with Crippen molar-refractivity contribution in [2.24, 2.45) is 0 Å². The maximum atomic E-state index is 9.42. The Labute approximate surface area is 109 Å². The van der Waals surface area contributed by atoms with Crippen molar-refractivity contribution in [1.82, 2.24) is 0 Å². The molecule has 1 atom stereocenters. The topological polar surface area (TPSA) is 29.5 Å². The van der Waals surface area contributed by atoms with Gasteiger partial charge in [-0.3, -0.25) is 0 Å². The fraction of sp³-hybridized carbons (Fsp3) is 0.231. The van der Waals surface area contributed by atoms with Gasteiger partial charge in [-0.05, 0) is 47.0 Å². The summed E-state index contributed by atoms with van der Waals surface area (Å²) in [5, 5.41) is 14.0. The summed E-state index contributed by atoms with van der Waals surface area (Å²) in [6.07, 6.45) is -0.515. The fourth-order valence-corrected chi connectivity index (χ4v) is 2.33. The maximum absolute atomic E-state index is 9.42. The fourth-order valence-electron chi connectivity index (χ4n) is 1.43. The number of ether oxygens (including phenoxy) is 1. The van der Waals surface area contributed by atoms with Gasteiger partial charge < -0.3 is 9.84 Å². The molecule has 1 heterocycles. The molecule has 0 spiro atoms. The first-order valence-corrected chi connectivity index (χ1v) is 6.60. The van der Waals surface area contributed by atoms with E-state index >= 15 is 0 Å². The molecule has 1 aromatic carbocycles. The van der Waals surface area contributed by atoms with Gasteiger partial charge in [-0.25, -0.2) is 0 Å². The van der Waals surface area contributed by atoms with Crippen LogP contribution in [0.15, 0.2) is 35.0 Å². The zero-order valence-corrected chi connectivity index (χ0v) is 11.0. The van der Waals surface area contributed by atoms with Crippen LogP contribution < -0.4 is 4.74 Å². The largest absolute Gasteiger partial charge is 0.487 e. The van der Waals surface area contributed by atoms with Gasteiger partial charge in [-0.1, -0.05) is 17.7 Å². The molecule has 0 amide bonds. The number of aliphatic hydroxyl groups is 1. The summed E-state index contributed by atoms with van der Waals surface area (Å²) in [6, 6.07) is 7.36. The molecule has 0 radical (unpaired) electrons. The molecule has 2 aromatic rings. The summed E-state index contributed by atoms with van der Waals surface area (Å²) >= 11 is 7.72. The van der Waals surface area contributed by atoms with Crippen molar-refractivity contribution in [2.75, 3.05) is 0 Å². The van der Waals surface area contributed by atoms with Crippen molar-refractivity contribution in [2.45, 2.75) is 19.6 Å². The van der Waals surface area contributed by atoms with E-state index in [9.17, 15) is 5.11 Å². The summed E-state index contributed by atoms with van der Waals surface area (Å²) in [5.41, 5.74) is 1.92. The Morgan fingerprint density at radius 2 is 2.24 bits per heavy atom. The third kappa shape index (κ3) is 3.22. The second-order valence-corrected chi connectivity index (χ2v) is 4.97. The van der Waals surface area contributed by atoms with Gasteiger partial charge in [0.1, 0.15) is 12.4 Å². The summed E-state index contributed by atoms with van der Waals surface area (Å²) < 4.78 is 5.61.